The minimum absolute atomic E-state index is 0.0467. The third-order valence-electron chi connectivity index (χ3n) is 6.49. The first kappa shape index (κ1) is 25.1. The Kier molecular flexibility index (Phi) is 7.42. The van der Waals surface area contributed by atoms with E-state index in [1.807, 2.05) is 52.6 Å². The number of nitrogens with zero attached hydrogens (tertiary/aromatic N) is 5. The monoisotopic (exact) mass is 497 g/mol. The van der Waals surface area contributed by atoms with Crippen LogP contribution in [0.5, 0.6) is 0 Å². The van der Waals surface area contributed by atoms with Crippen LogP contribution < -0.4 is 0 Å². The van der Waals surface area contributed by atoms with Crippen LogP contribution in [0, 0.1) is 0 Å². The summed E-state index contributed by atoms with van der Waals surface area (Å²) in [5, 5.41) is 5.78. The average Bonchev–Trinajstić information content (AvgIpc) is 3.29. The van der Waals surface area contributed by atoms with Gasteiger partial charge >= 0.3 is 5.97 Å². The van der Waals surface area contributed by atoms with Crippen molar-refractivity contribution < 1.29 is 14.3 Å². The number of methoxy groups -OCH3 is 1. The predicted octanol–water partition coefficient (Wildman–Crippen LogP) is 4.46. The fraction of sp³-hybridized carbons (Fsp3) is 0.462. The maximum atomic E-state index is 13.7. The van der Waals surface area contributed by atoms with Crippen LogP contribution in [0.4, 0.5) is 0 Å². The molecule has 8 nitrogen and oxygen atoms in total. The van der Waals surface area contributed by atoms with E-state index in [1.165, 1.54) is 7.11 Å². The second kappa shape index (κ2) is 10.3. The summed E-state index contributed by atoms with van der Waals surface area (Å²) in [6.45, 7) is 10.2. The Morgan fingerprint density at radius 3 is 2.34 bits per heavy atom. The topological polar surface area (TPSA) is 80.6 Å². The number of rotatable bonds is 6. The van der Waals surface area contributed by atoms with Gasteiger partial charge in [0, 0.05) is 42.9 Å². The summed E-state index contributed by atoms with van der Waals surface area (Å²) < 4.78 is 6.95. The zero-order valence-electron chi connectivity index (χ0n) is 20.9. The molecule has 9 heteroatoms. The molecule has 1 fully saturated rings. The Balaban J connectivity index is 1.59. The van der Waals surface area contributed by atoms with Gasteiger partial charge in [-0.3, -0.25) is 9.69 Å². The highest BCUT2D eigenvalue weighted by atomic mass is 35.5. The Morgan fingerprint density at radius 1 is 1.06 bits per heavy atom. The quantitative estimate of drug-likeness (QED) is 0.468. The van der Waals surface area contributed by atoms with Crippen LogP contribution in [0.2, 0.25) is 5.02 Å². The highest BCUT2D eigenvalue weighted by Gasteiger charge is 2.34. The van der Waals surface area contributed by atoms with Crippen molar-refractivity contribution in [3.05, 3.63) is 58.4 Å². The van der Waals surface area contributed by atoms with Crippen LogP contribution in [-0.2, 0) is 9.53 Å². The number of fused-ring (bicyclic) bond motifs is 1. The molecule has 3 aromatic rings. The largest absolute Gasteiger partial charge is 0.468 e. The van der Waals surface area contributed by atoms with Gasteiger partial charge in [0.05, 0.1) is 24.3 Å². The molecule has 35 heavy (non-hydrogen) atoms. The highest BCUT2D eigenvalue weighted by Crippen LogP contribution is 2.30. The Hall–Kier alpha value is -2.97. The zero-order valence-corrected chi connectivity index (χ0v) is 21.6. The van der Waals surface area contributed by atoms with E-state index in [-0.39, 0.29) is 23.8 Å². The number of amides is 1. The number of piperazine rings is 1. The third-order valence-corrected chi connectivity index (χ3v) is 6.83. The number of carbonyl (C=O) groups is 2. The number of carbonyl (C=O) groups excluding carboxylic acids is 2. The molecule has 1 atom stereocenters. The Morgan fingerprint density at radius 2 is 1.74 bits per heavy atom. The highest BCUT2D eigenvalue weighted by molar-refractivity contribution is 6.31. The first-order valence-corrected chi connectivity index (χ1v) is 12.3. The number of ether oxygens (including phenoxy) is 1. The molecule has 0 saturated carbocycles. The first-order chi connectivity index (χ1) is 16.7. The van der Waals surface area contributed by atoms with Crippen molar-refractivity contribution in [1.29, 1.82) is 0 Å². The Labute approximate surface area is 210 Å². The van der Waals surface area contributed by atoms with Gasteiger partial charge in [0.2, 0.25) is 0 Å². The summed E-state index contributed by atoms with van der Waals surface area (Å²) in [5.41, 5.74) is 2.93. The average molecular weight is 498 g/mol. The van der Waals surface area contributed by atoms with Gasteiger partial charge in [0.1, 0.15) is 6.04 Å². The van der Waals surface area contributed by atoms with Crippen LogP contribution >= 0.6 is 11.6 Å². The number of benzene rings is 1. The van der Waals surface area contributed by atoms with E-state index in [0.29, 0.717) is 42.3 Å². The van der Waals surface area contributed by atoms with E-state index < -0.39 is 6.04 Å². The molecule has 0 bridgehead atoms. The molecule has 186 valence electrons. The van der Waals surface area contributed by atoms with Crippen molar-refractivity contribution in [1.82, 2.24) is 24.6 Å². The summed E-state index contributed by atoms with van der Waals surface area (Å²) in [4.78, 5) is 35.0. The number of esters is 1. The van der Waals surface area contributed by atoms with Crippen LogP contribution in [0.1, 0.15) is 67.3 Å². The maximum absolute atomic E-state index is 13.7. The first-order valence-electron chi connectivity index (χ1n) is 12.0. The number of pyridine rings is 1. The van der Waals surface area contributed by atoms with E-state index in [1.54, 1.807) is 12.3 Å². The predicted molar refractivity (Wildman–Crippen MR) is 136 cm³/mol. The summed E-state index contributed by atoms with van der Waals surface area (Å²) in [7, 11) is 1.38. The fourth-order valence-corrected chi connectivity index (χ4v) is 4.76. The van der Waals surface area contributed by atoms with Crippen molar-refractivity contribution in [2.24, 2.45) is 0 Å². The maximum Gasteiger partial charge on any atom is 0.327 e. The van der Waals surface area contributed by atoms with Crippen molar-refractivity contribution >= 4 is 34.5 Å². The number of hydrogen-bond acceptors (Lipinski definition) is 6. The molecule has 1 aliphatic heterocycles. The van der Waals surface area contributed by atoms with Crippen molar-refractivity contribution in [2.45, 2.75) is 45.7 Å². The molecule has 1 aliphatic rings. The number of hydrogen-bond donors (Lipinski definition) is 0. The van der Waals surface area contributed by atoms with E-state index in [2.05, 4.69) is 18.9 Å². The lowest BCUT2D eigenvalue weighted by Gasteiger charge is -2.38. The van der Waals surface area contributed by atoms with Gasteiger partial charge in [0.25, 0.3) is 5.91 Å². The lowest BCUT2D eigenvalue weighted by Crippen LogP contribution is -2.51. The van der Waals surface area contributed by atoms with Crippen molar-refractivity contribution in [3.63, 3.8) is 0 Å². The molecule has 1 unspecified atom stereocenters. The molecular formula is C26H32ClN5O3. The molecule has 1 aromatic carbocycles. The Bertz CT molecular complexity index is 1230. The zero-order chi connectivity index (χ0) is 25.3. The molecule has 2 aromatic heterocycles. The molecule has 0 spiro atoms. The van der Waals surface area contributed by atoms with Gasteiger partial charge in [-0.15, -0.1) is 0 Å². The summed E-state index contributed by atoms with van der Waals surface area (Å²) in [5.74, 6) is -0.235. The second-order valence-electron chi connectivity index (χ2n) is 9.44. The minimum atomic E-state index is -0.615. The van der Waals surface area contributed by atoms with Gasteiger partial charge in [-0.2, -0.15) is 5.10 Å². The number of halogens is 1. The molecule has 1 saturated heterocycles. The van der Waals surface area contributed by atoms with Gasteiger partial charge in [0.15, 0.2) is 5.65 Å². The lowest BCUT2D eigenvalue weighted by molar-refractivity contribution is -0.148. The molecule has 0 aliphatic carbocycles. The molecule has 0 radical (unpaired) electrons. The van der Waals surface area contributed by atoms with Gasteiger partial charge < -0.3 is 9.64 Å². The molecule has 3 heterocycles. The standard InChI is InChI=1S/C26H32ClN5O3/c1-16(2)22-14-19(20-15-28-32(17(3)4)24(20)29-22)25(33)31-12-10-30(11-13-31)23(26(34)35-5)18-8-6-7-9-21(18)27/h6-9,14-17,23H,10-13H2,1-5H3. The molecule has 0 N–H and O–H groups in total. The lowest BCUT2D eigenvalue weighted by atomic mass is 10.0. The minimum Gasteiger partial charge on any atom is -0.468 e. The van der Waals surface area contributed by atoms with Gasteiger partial charge in [-0.1, -0.05) is 43.6 Å². The van der Waals surface area contributed by atoms with Crippen molar-refractivity contribution in [3.8, 4) is 0 Å². The van der Waals surface area contributed by atoms with Crippen molar-refractivity contribution in [2.75, 3.05) is 33.3 Å². The van der Waals surface area contributed by atoms with Crippen LogP contribution in [0.15, 0.2) is 36.5 Å². The molecule has 1 amide bonds. The summed E-state index contributed by atoms with van der Waals surface area (Å²) in [6.07, 6.45) is 1.74. The molecular weight excluding hydrogens is 466 g/mol. The van der Waals surface area contributed by atoms with E-state index in [9.17, 15) is 9.59 Å². The van der Waals surface area contributed by atoms with Crippen LogP contribution in [0.3, 0.4) is 0 Å². The van der Waals surface area contributed by atoms with E-state index in [4.69, 9.17) is 21.3 Å². The normalized spacial score (nSPS) is 15.7. The van der Waals surface area contributed by atoms with E-state index in [0.717, 1.165) is 16.7 Å². The van der Waals surface area contributed by atoms with Crippen LogP contribution in [-0.4, -0.2) is 69.7 Å². The number of aromatic nitrogens is 3. The van der Waals surface area contributed by atoms with Crippen LogP contribution in [0.25, 0.3) is 11.0 Å². The SMILES string of the molecule is COC(=O)C(c1ccccc1Cl)N1CCN(C(=O)c2cc(C(C)C)nc3c2cnn3C(C)C)CC1. The van der Waals surface area contributed by atoms with E-state index >= 15 is 0 Å². The van der Waals surface area contributed by atoms with Gasteiger partial charge in [-0.05, 0) is 37.5 Å². The smallest absolute Gasteiger partial charge is 0.327 e. The molecule has 4 rings (SSSR count). The van der Waals surface area contributed by atoms with Gasteiger partial charge in [-0.25, -0.2) is 14.5 Å². The third kappa shape index (κ3) is 4.90. The summed E-state index contributed by atoms with van der Waals surface area (Å²) in [6, 6.07) is 8.72. The fourth-order valence-electron chi connectivity index (χ4n) is 4.52. The summed E-state index contributed by atoms with van der Waals surface area (Å²) >= 11 is 6.41. The second-order valence-corrected chi connectivity index (χ2v) is 9.85.